The Morgan fingerprint density at radius 1 is 1.45 bits per heavy atom. The van der Waals surface area contributed by atoms with E-state index in [1.165, 1.54) is 0 Å². The second-order valence-electron chi connectivity index (χ2n) is 2.72. The van der Waals surface area contributed by atoms with E-state index in [0.717, 1.165) is 26.3 Å². The Morgan fingerprint density at radius 3 is 2.64 bits per heavy atom. The summed E-state index contributed by atoms with van der Waals surface area (Å²) in [5.74, 6) is 0.317. The van der Waals surface area contributed by atoms with Gasteiger partial charge in [-0.25, -0.2) is 0 Å². The molecule has 0 aromatic rings. The van der Waals surface area contributed by atoms with Gasteiger partial charge in [0.15, 0.2) is 0 Å². The number of halogens is 1. The molecule has 0 spiro atoms. The lowest BCUT2D eigenvalue weighted by atomic mass is 10.3. The highest BCUT2D eigenvalue weighted by Crippen LogP contribution is 1.99. The van der Waals surface area contributed by atoms with E-state index in [0.29, 0.717) is 12.4 Å². The van der Waals surface area contributed by atoms with Crippen molar-refractivity contribution in [2.24, 2.45) is 0 Å². The summed E-state index contributed by atoms with van der Waals surface area (Å²) in [5.41, 5.74) is 0. The third kappa shape index (κ3) is 3.38. The number of β-amino-alcohol motifs (C(OH)–C–C–N with tert-alkyl or cyclic N) is 1. The van der Waals surface area contributed by atoms with Crippen molar-refractivity contribution in [2.45, 2.75) is 6.10 Å². The van der Waals surface area contributed by atoms with Gasteiger partial charge in [0, 0.05) is 25.5 Å². The fourth-order valence-corrected chi connectivity index (χ4v) is 1.23. The maximum Gasteiger partial charge on any atom is 0.0802 e. The number of hydrogen-bond donors (Lipinski definition) is 1. The Bertz CT molecular complexity index is 107. The third-order valence-electron chi connectivity index (χ3n) is 1.75. The third-order valence-corrected chi connectivity index (χ3v) is 2.11. The lowest BCUT2D eigenvalue weighted by molar-refractivity contribution is 0.0186. The van der Waals surface area contributed by atoms with E-state index in [4.69, 9.17) is 16.3 Å². The lowest BCUT2D eigenvalue weighted by Crippen LogP contribution is -2.41. The van der Waals surface area contributed by atoms with Gasteiger partial charge in [0.2, 0.25) is 0 Å². The van der Waals surface area contributed by atoms with Gasteiger partial charge in [-0.1, -0.05) is 0 Å². The van der Waals surface area contributed by atoms with E-state index in [9.17, 15) is 5.11 Å². The Morgan fingerprint density at radius 2 is 2.09 bits per heavy atom. The first kappa shape index (κ1) is 9.26. The average molecular weight is 180 g/mol. The maximum absolute atomic E-state index is 9.20. The molecule has 0 bridgehead atoms. The molecule has 0 aromatic heterocycles. The van der Waals surface area contributed by atoms with Crippen LogP contribution in [0.3, 0.4) is 0 Å². The van der Waals surface area contributed by atoms with Crippen molar-refractivity contribution in [3.63, 3.8) is 0 Å². The first-order valence-electron chi connectivity index (χ1n) is 3.87. The second kappa shape index (κ2) is 4.93. The molecule has 1 aliphatic heterocycles. The van der Waals surface area contributed by atoms with Crippen molar-refractivity contribution in [1.82, 2.24) is 4.90 Å². The molecule has 1 saturated heterocycles. The molecule has 0 saturated carbocycles. The molecule has 4 heteroatoms. The van der Waals surface area contributed by atoms with Crippen LogP contribution < -0.4 is 0 Å². The summed E-state index contributed by atoms with van der Waals surface area (Å²) in [5, 5.41) is 9.20. The van der Waals surface area contributed by atoms with Crippen LogP contribution in [0.25, 0.3) is 0 Å². The van der Waals surface area contributed by atoms with Gasteiger partial charge >= 0.3 is 0 Å². The largest absolute Gasteiger partial charge is 0.391 e. The highest BCUT2D eigenvalue weighted by molar-refractivity contribution is 6.18. The number of nitrogens with zero attached hydrogens (tertiary/aromatic N) is 1. The average Bonchev–Trinajstić information content (AvgIpc) is 2.06. The van der Waals surface area contributed by atoms with Crippen LogP contribution in [-0.4, -0.2) is 54.8 Å². The smallest absolute Gasteiger partial charge is 0.0802 e. The van der Waals surface area contributed by atoms with Crippen molar-refractivity contribution in [3.8, 4) is 0 Å². The van der Waals surface area contributed by atoms with Crippen LogP contribution in [-0.2, 0) is 4.74 Å². The number of morpholine rings is 1. The highest BCUT2D eigenvalue weighted by Gasteiger charge is 2.13. The minimum Gasteiger partial charge on any atom is -0.391 e. The van der Waals surface area contributed by atoms with E-state index in [1.54, 1.807) is 0 Å². The van der Waals surface area contributed by atoms with Crippen LogP contribution in [0.4, 0.5) is 0 Å². The molecule has 1 aliphatic rings. The van der Waals surface area contributed by atoms with E-state index in [2.05, 4.69) is 4.90 Å². The first-order valence-corrected chi connectivity index (χ1v) is 4.40. The Hall–Kier alpha value is 0.170. The summed E-state index contributed by atoms with van der Waals surface area (Å²) in [6.45, 7) is 4.04. The molecule has 0 unspecified atom stereocenters. The number of aliphatic hydroxyl groups excluding tert-OH is 1. The van der Waals surface area contributed by atoms with Crippen LogP contribution in [0.1, 0.15) is 0 Å². The molecule has 0 radical (unpaired) electrons. The maximum atomic E-state index is 9.20. The van der Waals surface area contributed by atoms with Gasteiger partial charge in [-0.3, -0.25) is 4.90 Å². The Labute approximate surface area is 71.9 Å². The van der Waals surface area contributed by atoms with E-state index in [1.807, 2.05) is 0 Å². The molecule has 0 amide bonds. The van der Waals surface area contributed by atoms with E-state index < -0.39 is 6.10 Å². The molecule has 0 aromatic carbocycles. The minimum atomic E-state index is -0.394. The second-order valence-corrected chi connectivity index (χ2v) is 3.03. The summed E-state index contributed by atoms with van der Waals surface area (Å²) >= 11 is 5.46. The normalized spacial score (nSPS) is 23.5. The van der Waals surface area contributed by atoms with Gasteiger partial charge in [0.1, 0.15) is 0 Å². The summed E-state index contributed by atoms with van der Waals surface area (Å²) in [6, 6.07) is 0. The van der Waals surface area contributed by atoms with Crippen LogP contribution in [0.5, 0.6) is 0 Å². The zero-order valence-corrected chi connectivity index (χ0v) is 7.26. The summed E-state index contributed by atoms with van der Waals surface area (Å²) < 4.78 is 5.16. The van der Waals surface area contributed by atoms with Crippen molar-refractivity contribution < 1.29 is 9.84 Å². The van der Waals surface area contributed by atoms with Crippen LogP contribution in [0.15, 0.2) is 0 Å². The first-order chi connectivity index (χ1) is 5.33. The molecular formula is C7H14ClNO2. The predicted molar refractivity (Wildman–Crippen MR) is 44.0 cm³/mol. The molecule has 1 N–H and O–H groups in total. The van der Waals surface area contributed by atoms with Gasteiger partial charge in [-0.2, -0.15) is 0 Å². The quantitative estimate of drug-likeness (QED) is 0.616. The van der Waals surface area contributed by atoms with Crippen LogP contribution in [0.2, 0.25) is 0 Å². The molecule has 66 valence electrons. The number of rotatable bonds is 3. The van der Waals surface area contributed by atoms with Crippen molar-refractivity contribution in [2.75, 3.05) is 38.7 Å². The van der Waals surface area contributed by atoms with Gasteiger partial charge in [0.05, 0.1) is 19.3 Å². The molecule has 11 heavy (non-hydrogen) atoms. The fourth-order valence-electron chi connectivity index (χ4n) is 1.13. The SMILES string of the molecule is O[C@H](CCl)CN1CCOCC1. The summed E-state index contributed by atoms with van der Waals surface area (Å²) in [4.78, 5) is 2.16. The molecule has 1 heterocycles. The number of alkyl halides is 1. The van der Waals surface area contributed by atoms with E-state index >= 15 is 0 Å². The molecule has 0 aliphatic carbocycles. The molecule has 1 fully saturated rings. The standard InChI is InChI=1S/C7H14ClNO2/c8-5-7(10)6-9-1-3-11-4-2-9/h7,10H,1-6H2/t7-/m1/s1. The van der Waals surface area contributed by atoms with E-state index in [-0.39, 0.29) is 0 Å². The van der Waals surface area contributed by atoms with Crippen molar-refractivity contribution in [1.29, 1.82) is 0 Å². The van der Waals surface area contributed by atoms with Crippen molar-refractivity contribution >= 4 is 11.6 Å². The Balaban J connectivity index is 2.13. The zero-order chi connectivity index (χ0) is 8.10. The number of aliphatic hydroxyl groups is 1. The van der Waals surface area contributed by atoms with Crippen LogP contribution >= 0.6 is 11.6 Å². The Kier molecular flexibility index (Phi) is 4.15. The zero-order valence-electron chi connectivity index (χ0n) is 6.50. The number of ether oxygens (including phenoxy) is 1. The van der Waals surface area contributed by atoms with Gasteiger partial charge in [-0.15, -0.1) is 11.6 Å². The predicted octanol–water partition coefficient (Wildman–Crippen LogP) is -0.0817. The fraction of sp³-hybridized carbons (Fsp3) is 1.00. The summed E-state index contributed by atoms with van der Waals surface area (Å²) in [6.07, 6.45) is -0.394. The minimum absolute atomic E-state index is 0.317. The lowest BCUT2D eigenvalue weighted by Gasteiger charge is -2.27. The van der Waals surface area contributed by atoms with Crippen molar-refractivity contribution in [3.05, 3.63) is 0 Å². The number of hydrogen-bond acceptors (Lipinski definition) is 3. The van der Waals surface area contributed by atoms with Crippen LogP contribution in [0, 0.1) is 0 Å². The van der Waals surface area contributed by atoms with Gasteiger partial charge in [0.25, 0.3) is 0 Å². The topological polar surface area (TPSA) is 32.7 Å². The summed E-state index contributed by atoms with van der Waals surface area (Å²) in [7, 11) is 0. The molecular weight excluding hydrogens is 166 g/mol. The van der Waals surface area contributed by atoms with Gasteiger partial charge < -0.3 is 9.84 Å². The van der Waals surface area contributed by atoms with Gasteiger partial charge in [-0.05, 0) is 0 Å². The molecule has 1 rings (SSSR count). The molecule has 1 atom stereocenters. The molecule has 3 nitrogen and oxygen atoms in total. The highest BCUT2D eigenvalue weighted by atomic mass is 35.5. The monoisotopic (exact) mass is 179 g/mol.